The van der Waals surface area contributed by atoms with Crippen LogP contribution in [-0.2, 0) is 0 Å². The molecule has 18 heavy (non-hydrogen) atoms. The average molecular weight is 413 g/mol. The van der Waals surface area contributed by atoms with Gasteiger partial charge in [0, 0.05) is 11.3 Å². The largest absolute Gasteiger partial charge is 0.351 e. The van der Waals surface area contributed by atoms with Crippen molar-refractivity contribution in [3.05, 3.63) is 19.2 Å². The van der Waals surface area contributed by atoms with Crippen LogP contribution in [0.15, 0.2) is 13.6 Å². The van der Waals surface area contributed by atoms with Crippen LogP contribution in [-0.4, -0.2) is 23.5 Å². The molecule has 0 radical (unpaired) electrons. The molecule has 2 rings (SSSR count). The summed E-state index contributed by atoms with van der Waals surface area (Å²) in [6.07, 6.45) is 7.13. The number of thioether (sulfide) groups is 1. The number of thiophene rings is 1. The Morgan fingerprint density at radius 2 is 2.17 bits per heavy atom. The molecular formula is C12H15Br2NOS2. The van der Waals surface area contributed by atoms with Gasteiger partial charge in [0.25, 0.3) is 5.91 Å². The van der Waals surface area contributed by atoms with Gasteiger partial charge >= 0.3 is 0 Å². The van der Waals surface area contributed by atoms with Crippen LogP contribution in [0.5, 0.6) is 0 Å². The standard InChI is InChI=1S/C12H15Br2NOS2/c1-17-12(4-2-3-5-12)7-15-11(16)8-6-9(13)18-10(8)14/h6H,2-5,7H2,1H3,(H,15,16). The lowest BCUT2D eigenvalue weighted by molar-refractivity contribution is 0.0949. The van der Waals surface area contributed by atoms with Crippen molar-refractivity contribution in [1.29, 1.82) is 0 Å². The first-order valence-corrected chi connectivity index (χ1v) is 9.47. The molecule has 0 aliphatic heterocycles. The summed E-state index contributed by atoms with van der Waals surface area (Å²) in [4.78, 5) is 12.1. The second kappa shape index (κ2) is 6.29. The molecule has 100 valence electrons. The van der Waals surface area contributed by atoms with Crippen LogP contribution in [0.1, 0.15) is 36.0 Å². The highest BCUT2D eigenvalue weighted by atomic mass is 79.9. The number of hydrogen-bond donors (Lipinski definition) is 1. The minimum absolute atomic E-state index is 0.0177. The molecular weight excluding hydrogens is 398 g/mol. The van der Waals surface area contributed by atoms with E-state index in [1.54, 1.807) is 0 Å². The van der Waals surface area contributed by atoms with Gasteiger partial charge in [-0.2, -0.15) is 11.8 Å². The molecule has 1 aliphatic rings. The van der Waals surface area contributed by atoms with Crippen molar-refractivity contribution in [1.82, 2.24) is 5.32 Å². The highest BCUT2D eigenvalue weighted by Crippen LogP contribution is 2.39. The Kier molecular flexibility index (Phi) is 5.20. The first-order chi connectivity index (χ1) is 8.56. The first kappa shape index (κ1) is 14.9. The number of amides is 1. The number of carbonyl (C=O) groups is 1. The fraction of sp³-hybridized carbons (Fsp3) is 0.583. The molecule has 0 saturated heterocycles. The zero-order valence-electron chi connectivity index (χ0n) is 10.1. The van der Waals surface area contributed by atoms with Gasteiger partial charge in [-0.05, 0) is 57.0 Å². The number of carbonyl (C=O) groups excluding carboxylic acids is 1. The molecule has 0 atom stereocenters. The van der Waals surface area contributed by atoms with E-state index in [2.05, 4.69) is 43.4 Å². The lowest BCUT2D eigenvalue weighted by Crippen LogP contribution is -2.38. The third-order valence-corrected chi connectivity index (χ3v) is 7.18. The van der Waals surface area contributed by atoms with E-state index in [0.29, 0.717) is 0 Å². The molecule has 1 saturated carbocycles. The number of halogens is 2. The zero-order chi connectivity index (χ0) is 13.2. The van der Waals surface area contributed by atoms with Gasteiger partial charge in [0.05, 0.1) is 13.1 Å². The molecule has 0 spiro atoms. The Balaban J connectivity index is 1.98. The third-order valence-electron chi connectivity index (χ3n) is 3.42. The maximum absolute atomic E-state index is 12.1. The van der Waals surface area contributed by atoms with Crippen LogP contribution in [0.25, 0.3) is 0 Å². The predicted octanol–water partition coefficient (Wildman–Crippen LogP) is 4.68. The third kappa shape index (κ3) is 3.32. The van der Waals surface area contributed by atoms with Gasteiger partial charge in [-0.15, -0.1) is 11.3 Å². The fourth-order valence-corrected chi connectivity index (χ4v) is 6.01. The number of hydrogen-bond acceptors (Lipinski definition) is 3. The van der Waals surface area contributed by atoms with Gasteiger partial charge in [-0.25, -0.2) is 0 Å². The Bertz CT molecular complexity index is 441. The highest BCUT2D eigenvalue weighted by Gasteiger charge is 2.33. The van der Waals surface area contributed by atoms with Gasteiger partial charge in [0.15, 0.2) is 0 Å². The van der Waals surface area contributed by atoms with E-state index in [4.69, 9.17) is 0 Å². The molecule has 0 aromatic carbocycles. The van der Waals surface area contributed by atoms with Crippen LogP contribution >= 0.6 is 55.0 Å². The van der Waals surface area contributed by atoms with Crippen molar-refractivity contribution >= 4 is 60.9 Å². The summed E-state index contributed by atoms with van der Waals surface area (Å²) in [5.74, 6) is 0.0177. The van der Waals surface area contributed by atoms with E-state index in [9.17, 15) is 4.79 Å². The van der Waals surface area contributed by atoms with Crippen molar-refractivity contribution in [2.75, 3.05) is 12.8 Å². The Labute approximate surface area is 133 Å². The van der Waals surface area contributed by atoms with Crippen LogP contribution < -0.4 is 5.32 Å². The molecule has 6 heteroatoms. The molecule has 1 fully saturated rings. The minimum atomic E-state index is 0.0177. The summed E-state index contributed by atoms with van der Waals surface area (Å²) in [5.41, 5.74) is 0.723. The van der Waals surface area contributed by atoms with Gasteiger partial charge < -0.3 is 5.32 Å². The van der Waals surface area contributed by atoms with E-state index in [-0.39, 0.29) is 10.7 Å². The Morgan fingerprint density at radius 1 is 1.50 bits per heavy atom. The number of rotatable bonds is 4. The van der Waals surface area contributed by atoms with Crippen LogP contribution in [0.4, 0.5) is 0 Å². The van der Waals surface area contributed by atoms with Crippen LogP contribution in [0.3, 0.4) is 0 Å². The SMILES string of the molecule is CSC1(CNC(=O)c2cc(Br)sc2Br)CCCC1. The van der Waals surface area contributed by atoms with E-state index >= 15 is 0 Å². The topological polar surface area (TPSA) is 29.1 Å². The highest BCUT2D eigenvalue weighted by molar-refractivity contribution is 9.12. The normalized spacial score (nSPS) is 17.9. The number of nitrogens with one attached hydrogen (secondary N) is 1. The van der Waals surface area contributed by atoms with Gasteiger partial charge in [-0.3, -0.25) is 4.79 Å². The molecule has 0 unspecified atom stereocenters. The van der Waals surface area contributed by atoms with Gasteiger partial charge in [-0.1, -0.05) is 12.8 Å². The molecule has 1 N–H and O–H groups in total. The van der Waals surface area contributed by atoms with Crippen LogP contribution in [0, 0.1) is 0 Å². The lowest BCUT2D eigenvalue weighted by Gasteiger charge is -2.26. The van der Waals surface area contributed by atoms with Crippen molar-refractivity contribution in [3.63, 3.8) is 0 Å². The Hall–Kier alpha value is 0.480. The molecule has 1 aromatic heterocycles. The smallest absolute Gasteiger partial charge is 0.253 e. The second-order valence-electron chi connectivity index (χ2n) is 4.51. The van der Waals surface area contributed by atoms with E-state index in [0.717, 1.165) is 19.7 Å². The van der Waals surface area contributed by atoms with Gasteiger partial charge in [0.2, 0.25) is 0 Å². The van der Waals surface area contributed by atoms with Crippen molar-refractivity contribution in [2.45, 2.75) is 30.4 Å². The molecule has 1 heterocycles. The van der Waals surface area contributed by atoms with Gasteiger partial charge in [0.1, 0.15) is 0 Å². The lowest BCUT2D eigenvalue weighted by atomic mass is 10.1. The van der Waals surface area contributed by atoms with Crippen LogP contribution in [0.2, 0.25) is 0 Å². The fourth-order valence-electron chi connectivity index (χ4n) is 2.30. The summed E-state index contributed by atoms with van der Waals surface area (Å²) in [7, 11) is 0. The summed E-state index contributed by atoms with van der Waals surface area (Å²) in [6.45, 7) is 0.771. The van der Waals surface area contributed by atoms with E-state index in [1.165, 1.54) is 37.0 Å². The monoisotopic (exact) mass is 411 g/mol. The minimum Gasteiger partial charge on any atom is -0.351 e. The van der Waals surface area contributed by atoms with Crippen molar-refractivity contribution < 1.29 is 4.79 Å². The maximum atomic E-state index is 12.1. The first-order valence-electron chi connectivity index (χ1n) is 5.84. The maximum Gasteiger partial charge on any atom is 0.253 e. The molecule has 2 nitrogen and oxygen atoms in total. The molecule has 1 amide bonds. The zero-order valence-corrected chi connectivity index (χ0v) is 14.9. The summed E-state index contributed by atoms with van der Waals surface area (Å²) in [5, 5.41) is 3.08. The summed E-state index contributed by atoms with van der Waals surface area (Å²) in [6, 6.07) is 1.87. The van der Waals surface area contributed by atoms with E-state index < -0.39 is 0 Å². The van der Waals surface area contributed by atoms with E-state index in [1.807, 2.05) is 17.8 Å². The average Bonchev–Trinajstić information content (AvgIpc) is 2.94. The van der Waals surface area contributed by atoms with Crippen molar-refractivity contribution in [3.8, 4) is 0 Å². The summed E-state index contributed by atoms with van der Waals surface area (Å²) >= 11 is 10.2. The quantitative estimate of drug-likeness (QED) is 0.777. The molecule has 1 aromatic rings. The van der Waals surface area contributed by atoms with Crippen molar-refractivity contribution in [2.24, 2.45) is 0 Å². The summed E-state index contributed by atoms with van der Waals surface area (Å²) < 4.78 is 2.12. The Morgan fingerprint density at radius 3 is 2.67 bits per heavy atom. The molecule has 1 aliphatic carbocycles. The second-order valence-corrected chi connectivity index (χ2v) is 9.54. The molecule has 0 bridgehead atoms. The predicted molar refractivity (Wildman–Crippen MR) is 86.8 cm³/mol.